The Morgan fingerprint density at radius 3 is 1.88 bits per heavy atom. The van der Waals surface area contributed by atoms with Gasteiger partial charge >= 0.3 is 0 Å². The van der Waals surface area contributed by atoms with E-state index < -0.39 is 0 Å². The van der Waals surface area contributed by atoms with Crippen molar-refractivity contribution in [2.75, 3.05) is 5.32 Å². The molecule has 0 saturated carbocycles. The smallest absolute Gasteiger partial charge is 0.221 e. The molecule has 3 heteroatoms. The SMILES string of the molecule is CC(=O)Nc1ccc(-c2ccc(F)cc2)cc1. The average Bonchev–Trinajstić information content (AvgIpc) is 2.30. The summed E-state index contributed by atoms with van der Waals surface area (Å²) < 4.78 is 12.8. The van der Waals surface area contributed by atoms with Crippen LogP contribution in [0.2, 0.25) is 0 Å². The molecule has 17 heavy (non-hydrogen) atoms. The standard InChI is InChI=1S/C14H12FNO/c1-10(17)16-14-8-4-12(5-9-14)11-2-6-13(15)7-3-11/h2-9H,1H3,(H,16,17). The van der Waals surface area contributed by atoms with Gasteiger partial charge in [-0.15, -0.1) is 0 Å². The molecule has 86 valence electrons. The summed E-state index contributed by atoms with van der Waals surface area (Å²) in [5, 5.41) is 2.69. The van der Waals surface area contributed by atoms with Gasteiger partial charge in [0.05, 0.1) is 0 Å². The van der Waals surface area contributed by atoms with Crippen molar-refractivity contribution in [3.05, 3.63) is 54.3 Å². The lowest BCUT2D eigenvalue weighted by Crippen LogP contribution is -2.05. The molecule has 0 fully saturated rings. The number of benzene rings is 2. The number of carbonyl (C=O) groups excluding carboxylic acids is 1. The van der Waals surface area contributed by atoms with Crippen LogP contribution in [0.4, 0.5) is 10.1 Å². The second kappa shape index (κ2) is 4.78. The Kier molecular flexibility index (Phi) is 3.19. The average molecular weight is 229 g/mol. The summed E-state index contributed by atoms with van der Waals surface area (Å²) in [4.78, 5) is 10.9. The first-order chi connectivity index (χ1) is 8.15. The van der Waals surface area contributed by atoms with Gasteiger partial charge < -0.3 is 5.32 Å². The molecule has 0 bridgehead atoms. The minimum atomic E-state index is -0.247. The first-order valence-corrected chi connectivity index (χ1v) is 5.29. The fourth-order valence-electron chi connectivity index (χ4n) is 1.59. The largest absolute Gasteiger partial charge is 0.326 e. The highest BCUT2D eigenvalue weighted by Crippen LogP contribution is 2.21. The Balaban J connectivity index is 2.23. The van der Waals surface area contributed by atoms with E-state index in [0.29, 0.717) is 0 Å². The number of anilines is 1. The fraction of sp³-hybridized carbons (Fsp3) is 0.0714. The minimum Gasteiger partial charge on any atom is -0.326 e. The summed E-state index contributed by atoms with van der Waals surface area (Å²) in [7, 11) is 0. The number of halogens is 1. The monoisotopic (exact) mass is 229 g/mol. The molecule has 0 atom stereocenters. The number of rotatable bonds is 2. The van der Waals surface area contributed by atoms with E-state index in [1.165, 1.54) is 19.1 Å². The summed E-state index contributed by atoms with van der Waals surface area (Å²) in [6, 6.07) is 13.7. The van der Waals surface area contributed by atoms with Crippen LogP contribution in [0.5, 0.6) is 0 Å². The second-order valence-electron chi connectivity index (χ2n) is 3.77. The van der Waals surface area contributed by atoms with Gasteiger partial charge in [-0.1, -0.05) is 24.3 Å². The Hall–Kier alpha value is -2.16. The first-order valence-electron chi connectivity index (χ1n) is 5.29. The highest BCUT2D eigenvalue weighted by atomic mass is 19.1. The van der Waals surface area contributed by atoms with Crippen molar-refractivity contribution >= 4 is 11.6 Å². The third-order valence-corrected chi connectivity index (χ3v) is 2.38. The molecule has 0 aliphatic carbocycles. The van der Waals surface area contributed by atoms with Crippen molar-refractivity contribution in [3.63, 3.8) is 0 Å². The van der Waals surface area contributed by atoms with Crippen LogP contribution in [0.25, 0.3) is 11.1 Å². The molecule has 2 aromatic rings. The molecular formula is C14H12FNO. The topological polar surface area (TPSA) is 29.1 Å². The van der Waals surface area contributed by atoms with E-state index in [2.05, 4.69) is 5.32 Å². The van der Waals surface area contributed by atoms with Crippen LogP contribution in [0.15, 0.2) is 48.5 Å². The molecule has 0 aliphatic rings. The van der Waals surface area contributed by atoms with Gasteiger partial charge in [-0.2, -0.15) is 0 Å². The maximum Gasteiger partial charge on any atom is 0.221 e. The predicted octanol–water partition coefficient (Wildman–Crippen LogP) is 3.45. The van der Waals surface area contributed by atoms with Crippen LogP contribution in [0.1, 0.15) is 6.92 Å². The van der Waals surface area contributed by atoms with Crippen molar-refractivity contribution in [1.82, 2.24) is 0 Å². The molecule has 0 aliphatic heterocycles. The van der Waals surface area contributed by atoms with Gasteiger partial charge in [0, 0.05) is 12.6 Å². The van der Waals surface area contributed by atoms with Crippen LogP contribution >= 0.6 is 0 Å². The first kappa shape index (κ1) is 11.3. The molecule has 2 aromatic carbocycles. The lowest BCUT2D eigenvalue weighted by atomic mass is 10.1. The number of carbonyl (C=O) groups is 1. The van der Waals surface area contributed by atoms with Gasteiger partial charge in [-0.3, -0.25) is 4.79 Å². The zero-order chi connectivity index (χ0) is 12.3. The second-order valence-corrected chi connectivity index (χ2v) is 3.77. The molecule has 0 radical (unpaired) electrons. The Morgan fingerprint density at radius 2 is 1.41 bits per heavy atom. The van der Waals surface area contributed by atoms with Crippen LogP contribution in [0, 0.1) is 5.82 Å². The Morgan fingerprint density at radius 1 is 0.941 bits per heavy atom. The lowest BCUT2D eigenvalue weighted by Gasteiger charge is -2.04. The molecule has 1 N–H and O–H groups in total. The Labute approximate surface area is 99.1 Å². The van der Waals surface area contributed by atoms with Gasteiger partial charge in [-0.25, -0.2) is 4.39 Å². The third-order valence-electron chi connectivity index (χ3n) is 2.38. The van der Waals surface area contributed by atoms with E-state index in [4.69, 9.17) is 0 Å². The van der Waals surface area contributed by atoms with Gasteiger partial charge in [0.2, 0.25) is 5.91 Å². The molecule has 0 aromatic heterocycles. The van der Waals surface area contributed by atoms with Crippen molar-refractivity contribution in [1.29, 1.82) is 0 Å². The summed E-state index contributed by atoms with van der Waals surface area (Å²) in [5.74, 6) is -0.344. The van der Waals surface area contributed by atoms with Crippen molar-refractivity contribution in [3.8, 4) is 11.1 Å². The molecule has 2 nitrogen and oxygen atoms in total. The van der Waals surface area contributed by atoms with Gasteiger partial charge in [-0.05, 0) is 35.4 Å². The van der Waals surface area contributed by atoms with Crippen LogP contribution in [-0.4, -0.2) is 5.91 Å². The summed E-state index contributed by atoms with van der Waals surface area (Å²) >= 11 is 0. The number of hydrogen-bond acceptors (Lipinski definition) is 1. The van der Waals surface area contributed by atoms with Crippen molar-refractivity contribution in [2.45, 2.75) is 6.92 Å². The fourth-order valence-corrected chi connectivity index (χ4v) is 1.59. The zero-order valence-electron chi connectivity index (χ0n) is 9.41. The number of nitrogens with one attached hydrogen (secondary N) is 1. The van der Waals surface area contributed by atoms with Crippen LogP contribution < -0.4 is 5.32 Å². The van der Waals surface area contributed by atoms with Crippen LogP contribution in [-0.2, 0) is 4.79 Å². The van der Waals surface area contributed by atoms with Crippen molar-refractivity contribution in [2.24, 2.45) is 0 Å². The molecule has 1 amide bonds. The van der Waals surface area contributed by atoms with E-state index in [0.717, 1.165) is 16.8 Å². The molecule has 0 saturated heterocycles. The molecule has 0 heterocycles. The molecule has 0 unspecified atom stereocenters. The van der Waals surface area contributed by atoms with Crippen molar-refractivity contribution < 1.29 is 9.18 Å². The maximum absolute atomic E-state index is 12.8. The van der Waals surface area contributed by atoms with E-state index in [9.17, 15) is 9.18 Å². The number of hydrogen-bond donors (Lipinski definition) is 1. The zero-order valence-corrected chi connectivity index (χ0v) is 9.41. The highest BCUT2D eigenvalue weighted by molar-refractivity contribution is 5.88. The highest BCUT2D eigenvalue weighted by Gasteiger charge is 1.99. The lowest BCUT2D eigenvalue weighted by molar-refractivity contribution is -0.114. The Bertz CT molecular complexity index is 517. The molecule has 2 rings (SSSR count). The van der Waals surface area contributed by atoms with E-state index in [-0.39, 0.29) is 11.7 Å². The quantitative estimate of drug-likeness (QED) is 0.839. The normalized spacial score (nSPS) is 10.0. The predicted molar refractivity (Wildman–Crippen MR) is 66.1 cm³/mol. The molecule has 0 spiro atoms. The summed E-state index contributed by atoms with van der Waals surface area (Å²) in [5.41, 5.74) is 2.68. The summed E-state index contributed by atoms with van der Waals surface area (Å²) in [6.45, 7) is 1.47. The van der Waals surface area contributed by atoms with Gasteiger partial charge in [0.15, 0.2) is 0 Å². The minimum absolute atomic E-state index is 0.0977. The van der Waals surface area contributed by atoms with E-state index in [1.807, 2.05) is 24.3 Å². The maximum atomic E-state index is 12.8. The summed E-state index contributed by atoms with van der Waals surface area (Å²) in [6.07, 6.45) is 0. The van der Waals surface area contributed by atoms with Crippen LogP contribution in [0.3, 0.4) is 0 Å². The molecular weight excluding hydrogens is 217 g/mol. The van der Waals surface area contributed by atoms with Gasteiger partial charge in [0.25, 0.3) is 0 Å². The van der Waals surface area contributed by atoms with E-state index in [1.54, 1.807) is 12.1 Å². The number of amides is 1. The third kappa shape index (κ3) is 2.91. The van der Waals surface area contributed by atoms with E-state index >= 15 is 0 Å². The van der Waals surface area contributed by atoms with Gasteiger partial charge in [0.1, 0.15) is 5.82 Å².